The fourth-order valence-corrected chi connectivity index (χ4v) is 2.00. The van der Waals surface area contributed by atoms with Gasteiger partial charge in [-0.3, -0.25) is 0 Å². The number of nitrogens with two attached hydrogens (primary N) is 1. The van der Waals surface area contributed by atoms with Gasteiger partial charge in [0.15, 0.2) is 0 Å². The Morgan fingerprint density at radius 2 is 1.95 bits per heavy atom. The number of benzene rings is 1. The Labute approximate surface area is 117 Å². The second-order valence-corrected chi connectivity index (χ2v) is 4.39. The summed E-state index contributed by atoms with van der Waals surface area (Å²) >= 11 is 0. The van der Waals surface area contributed by atoms with Crippen LogP contribution in [-0.4, -0.2) is 9.97 Å². The number of hydrazine groups is 1. The molecule has 0 saturated heterocycles. The van der Waals surface area contributed by atoms with Crippen LogP contribution >= 0.6 is 0 Å². The maximum absolute atomic E-state index is 13.6. The first kappa shape index (κ1) is 14.2. The summed E-state index contributed by atoms with van der Waals surface area (Å²) in [4.78, 5) is 8.30. The first-order chi connectivity index (χ1) is 9.76. The first-order valence-corrected chi connectivity index (χ1v) is 6.54. The smallest absolute Gasteiger partial charge is 0.148 e. The Morgan fingerprint density at radius 3 is 2.65 bits per heavy atom. The maximum atomic E-state index is 13.6. The summed E-state index contributed by atoms with van der Waals surface area (Å²) in [6, 6.07) is 6.66. The molecule has 0 aliphatic rings. The van der Waals surface area contributed by atoms with Crippen molar-refractivity contribution < 1.29 is 4.39 Å². The van der Waals surface area contributed by atoms with E-state index in [-0.39, 0.29) is 5.82 Å². The highest BCUT2D eigenvalue weighted by atomic mass is 19.1. The van der Waals surface area contributed by atoms with Gasteiger partial charge >= 0.3 is 0 Å². The van der Waals surface area contributed by atoms with Crippen LogP contribution in [0.4, 0.5) is 16.0 Å². The molecule has 5 nitrogen and oxygen atoms in total. The van der Waals surface area contributed by atoms with Crippen molar-refractivity contribution in [1.29, 1.82) is 0 Å². The molecular weight excluding hydrogens is 257 g/mol. The van der Waals surface area contributed by atoms with Gasteiger partial charge in [-0.15, -0.1) is 0 Å². The van der Waals surface area contributed by atoms with Crippen LogP contribution in [0.5, 0.6) is 0 Å². The highest BCUT2D eigenvalue weighted by molar-refractivity contribution is 5.57. The third-order valence-electron chi connectivity index (χ3n) is 2.99. The van der Waals surface area contributed by atoms with Crippen LogP contribution in [0, 0.1) is 5.82 Å². The minimum absolute atomic E-state index is 0.233. The quantitative estimate of drug-likeness (QED) is 0.557. The molecule has 1 heterocycles. The van der Waals surface area contributed by atoms with Gasteiger partial charge < -0.3 is 10.7 Å². The average Bonchev–Trinajstić information content (AvgIpc) is 2.47. The topological polar surface area (TPSA) is 75.9 Å². The van der Waals surface area contributed by atoms with Gasteiger partial charge in [-0.1, -0.05) is 31.5 Å². The first-order valence-electron chi connectivity index (χ1n) is 6.54. The van der Waals surface area contributed by atoms with E-state index in [0.717, 1.165) is 18.4 Å². The highest BCUT2D eigenvalue weighted by Crippen LogP contribution is 2.21. The zero-order valence-corrected chi connectivity index (χ0v) is 11.4. The van der Waals surface area contributed by atoms with Gasteiger partial charge in [0.1, 0.15) is 23.8 Å². The van der Waals surface area contributed by atoms with Gasteiger partial charge in [0.25, 0.3) is 0 Å². The van der Waals surface area contributed by atoms with E-state index in [1.165, 1.54) is 12.4 Å². The maximum Gasteiger partial charge on any atom is 0.148 e. The number of nitrogens with one attached hydrogen (secondary N) is 2. The monoisotopic (exact) mass is 275 g/mol. The normalized spacial score (nSPS) is 10.3. The van der Waals surface area contributed by atoms with Crippen molar-refractivity contribution in [2.75, 3.05) is 10.7 Å². The van der Waals surface area contributed by atoms with Crippen molar-refractivity contribution in [3.63, 3.8) is 0 Å². The number of aromatic nitrogens is 2. The fourth-order valence-electron chi connectivity index (χ4n) is 2.00. The predicted molar refractivity (Wildman–Crippen MR) is 77.6 cm³/mol. The molecule has 1 aromatic carbocycles. The van der Waals surface area contributed by atoms with Crippen LogP contribution in [0.2, 0.25) is 0 Å². The number of anilines is 2. The second kappa shape index (κ2) is 6.81. The Morgan fingerprint density at radius 1 is 1.20 bits per heavy atom. The van der Waals surface area contributed by atoms with Crippen LogP contribution in [0.3, 0.4) is 0 Å². The van der Waals surface area contributed by atoms with Crippen molar-refractivity contribution in [3.8, 4) is 0 Å². The van der Waals surface area contributed by atoms with Crippen molar-refractivity contribution >= 4 is 11.6 Å². The second-order valence-electron chi connectivity index (χ2n) is 4.39. The molecule has 0 atom stereocenters. The molecule has 2 rings (SSSR count). The summed E-state index contributed by atoms with van der Waals surface area (Å²) in [5.41, 5.74) is 4.07. The Hall–Kier alpha value is -2.21. The van der Waals surface area contributed by atoms with E-state index >= 15 is 0 Å². The molecule has 0 fully saturated rings. The van der Waals surface area contributed by atoms with Gasteiger partial charge in [0.05, 0.1) is 0 Å². The molecule has 20 heavy (non-hydrogen) atoms. The van der Waals surface area contributed by atoms with Crippen molar-refractivity contribution in [2.24, 2.45) is 5.84 Å². The molecule has 0 saturated carbocycles. The van der Waals surface area contributed by atoms with E-state index in [0.29, 0.717) is 23.7 Å². The van der Waals surface area contributed by atoms with Gasteiger partial charge in [-0.25, -0.2) is 20.2 Å². The highest BCUT2D eigenvalue weighted by Gasteiger charge is 2.10. The lowest BCUT2D eigenvalue weighted by atomic mass is 10.1. The summed E-state index contributed by atoms with van der Waals surface area (Å²) in [5.74, 6) is 6.49. The summed E-state index contributed by atoms with van der Waals surface area (Å²) in [6.45, 7) is 2.43. The molecule has 0 spiro atoms. The number of nitrogens with zero attached hydrogens (tertiary/aromatic N) is 2. The number of halogens is 1. The molecule has 0 unspecified atom stereocenters. The van der Waals surface area contributed by atoms with E-state index in [9.17, 15) is 4.39 Å². The van der Waals surface area contributed by atoms with E-state index in [1.807, 2.05) is 0 Å². The van der Waals surface area contributed by atoms with Crippen LogP contribution < -0.4 is 16.6 Å². The summed E-state index contributed by atoms with van der Waals surface area (Å²) < 4.78 is 13.6. The van der Waals surface area contributed by atoms with Crippen LogP contribution in [0.25, 0.3) is 0 Å². The predicted octanol–water partition coefficient (Wildman–Crippen LogP) is 2.47. The standard InChI is InChI=1S/C14H18FN5/c1-2-5-11-13(18-9-19-14(11)20-16)17-8-10-6-3-4-7-12(10)15/h3-4,6-7,9H,2,5,8,16H2,1H3,(H2,17,18,19,20). The van der Waals surface area contributed by atoms with Crippen LogP contribution in [0.15, 0.2) is 30.6 Å². The number of rotatable bonds is 6. The van der Waals surface area contributed by atoms with Gasteiger partial charge in [0.2, 0.25) is 0 Å². The largest absolute Gasteiger partial charge is 0.365 e. The number of hydrogen-bond acceptors (Lipinski definition) is 5. The van der Waals surface area contributed by atoms with Crippen LogP contribution in [0.1, 0.15) is 24.5 Å². The van der Waals surface area contributed by atoms with Crippen molar-refractivity contribution in [2.45, 2.75) is 26.3 Å². The van der Waals surface area contributed by atoms with E-state index in [1.54, 1.807) is 18.2 Å². The Kier molecular flexibility index (Phi) is 4.84. The number of nitrogen functional groups attached to an aromatic ring is 1. The zero-order valence-electron chi connectivity index (χ0n) is 11.4. The summed E-state index contributed by atoms with van der Waals surface area (Å²) in [5, 5.41) is 3.14. The molecule has 0 aliphatic carbocycles. The molecule has 0 aliphatic heterocycles. The van der Waals surface area contributed by atoms with Gasteiger partial charge in [-0.05, 0) is 12.5 Å². The van der Waals surface area contributed by atoms with E-state index < -0.39 is 0 Å². The lowest BCUT2D eigenvalue weighted by Gasteiger charge is -2.13. The molecule has 0 radical (unpaired) electrons. The zero-order chi connectivity index (χ0) is 14.4. The SMILES string of the molecule is CCCc1c(NN)ncnc1NCc1ccccc1F. The number of hydrogen-bond donors (Lipinski definition) is 3. The van der Waals surface area contributed by atoms with E-state index in [2.05, 4.69) is 27.6 Å². The lowest BCUT2D eigenvalue weighted by Crippen LogP contribution is -2.14. The molecule has 2 aromatic rings. The molecule has 106 valence electrons. The van der Waals surface area contributed by atoms with Gasteiger partial charge in [0, 0.05) is 17.7 Å². The molecule has 4 N–H and O–H groups in total. The molecule has 6 heteroatoms. The minimum atomic E-state index is -0.233. The summed E-state index contributed by atoms with van der Waals surface area (Å²) in [6.07, 6.45) is 3.16. The molecular formula is C14H18FN5. The van der Waals surface area contributed by atoms with Crippen molar-refractivity contribution in [1.82, 2.24) is 9.97 Å². The van der Waals surface area contributed by atoms with Crippen molar-refractivity contribution in [3.05, 3.63) is 47.5 Å². The average molecular weight is 275 g/mol. The Balaban J connectivity index is 2.19. The molecule has 0 amide bonds. The lowest BCUT2D eigenvalue weighted by molar-refractivity contribution is 0.613. The Bertz CT molecular complexity index is 573. The molecule has 0 bridgehead atoms. The van der Waals surface area contributed by atoms with E-state index in [4.69, 9.17) is 5.84 Å². The summed E-state index contributed by atoms with van der Waals surface area (Å²) in [7, 11) is 0. The molecule has 1 aromatic heterocycles. The fraction of sp³-hybridized carbons (Fsp3) is 0.286. The van der Waals surface area contributed by atoms with Crippen LogP contribution in [-0.2, 0) is 13.0 Å². The third-order valence-corrected chi connectivity index (χ3v) is 2.99. The minimum Gasteiger partial charge on any atom is -0.365 e. The van der Waals surface area contributed by atoms with Gasteiger partial charge in [-0.2, -0.15) is 0 Å². The third kappa shape index (κ3) is 3.21.